The Hall–Kier alpha value is -2.27. The summed E-state index contributed by atoms with van der Waals surface area (Å²) in [5.41, 5.74) is 10.7. The molecule has 2 heterocycles. The van der Waals surface area contributed by atoms with Crippen molar-refractivity contribution >= 4 is 11.0 Å². The van der Waals surface area contributed by atoms with Gasteiger partial charge in [-0.3, -0.25) is 9.67 Å². The zero-order valence-electron chi connectivity index (χ0n) is 12.4. The van der Waals surface area contributed by atoms with E-state index in [1.165, 1.54) is 18.5 Å². The maximum Gasteiger partial charge on any atom is 0.0927 e. The third kappa shape index (κ3) is 2.48. The Labute approximate surface area is 129 Å². The first-order chi connectivity index (χ1) is 10.8. The molecule has 0 atom stereocenters. The summed E-state index contributed by atoms with van der Waals surface area (Å²) in [6, 6.07) is 7.96. The predicted octanol–water partition coefficient (Wildman–Crippen LogP) is 2.72. The van der Waals surface area contributed by atoms with Crippen LogP contribution in [0.5, 0.6) is 0 Å². The minimum atomic E-state index is 0.586. The van der Waals surface area contributed by atoms with Gasteiger partial charge in [-0.1, -0.05) is 12.1 Å². The minimum absolute atomic E-state index is 0.586. The first kappa shape index (κ1) is 13.4. The highest BCUT2D eigenvalue weighted by Crippen LogP contribution is 2.43. The maximum absolute atomic E-state index is 5.60. The van der Waals surface area contributed by atoms with Crippen LogP contribution in [0.1, 0.15) is 30.9 Å². The van der Waals surface area contributed by atoms with Crippen molar-refractivity contribution in [2.75, 3.05) is 6.54 Å². The highest BCUT2D eigenvalue weighted by atomic mass is 15.3. The third-order valence-corrected chi connectivity index (χ3v) is 4.07. The van der Waals surface area contributed by atoms with Crippen LogP contribution in [-0.4, -0.2) is 26.3 Å². The molecule has 0 unspecified atom stereocenters. The lowest BCUT2D eigenvalue weighted by Crippen LogP contribution is -2.06. The van der Waals surface area contributed by atoms with E-state index in [9.17, 15) is 0 Å². The lowest BCUT2D eigenvalue weighted by molar-refractivity contribution is 0.578. The summed E-state index contributed by atoms with van der Waals surface area (Å²) in [4.78, 5) is 9.30. The van der Waals surface area contributed by atoms with E-state index in [1.807, 2.05) is 35.1 Å². The monoisotopic (exact) mass is 293 g/mol. The lowest BCUT2D eigenvalue weighted by Gasteiger charge is -2.02. The molecule has 0 saturated heterocycles. The molecule has 2 aromatic heterocycles. The normalized spacial score (nSPS) is 14.6. The van der Waals surface area contributed by atoms with Crippen LogP contribution in [0, 0.1) is 0 Å². The van der Waals surface area contributed by atoms with Gasteiger partial charge in [0.25, 0.3) is 0 Å². The molecule has 1 saturated carbocycles. The number of hydrogen-bond acceptors (Lipinski definition) is 4. The Kier molecular flexibility index (Phi) is 3.35. The highest BCUT2D eigenvalue weighted by Gasteiger charge is 2.30. The Bertz CT molecular complexity index is 804. The van der Waals surface area contributed by atoms with E-state index < -0.39 is 0 Å². The number of aryl methyl sites for hydroxylation is 1. The van der Waals surface area contributed by atoms with E-state index in [0.717, 1.165) is 35.3 Å². The molecule has 1 fully saturated rings. The summed E-state index contributed by atoms with van der Waals surface area (Å²) in [5.74, 6) is 0.586. The second-order valence-corrected chi connectivity index (χ2v) is 5.85. The van der Waals surface area contributed by atoms with Crippen LogP contribution in [-0.2, 0) is 6.54 Å². The van der Waals surface area contributed by atoms with Gasteiger partial charge in [-0.05, 0) is 37.9 Å². The van der Waals surface area contributed by atoms with Crippen molar-refractivity contribution in [1.29, 1.82) is 0 Å². The third-order valence-electron chi connectivity index (χ3n) is 4.07. The van der Waals surface area contributed by atoms with Crippen LogP contribution in [0.2, 0.25) is 0 Å². The molecular weight excluding hydrogens is 274 g/mol. The second-order valence-electron chi connectivity index (χ2n) is 5.85. The van der Waals surface area contributed by atoms with Gasteiger partial charge in [0.2, 0.25) is 0 Å². The predicted molar refractivity (Wildman–Crippen MR) is 86.4 cm³/mol. The largest absolute Gasteiger partial charge is 0.330 e. The second kappa shape index (κ2) is 5.50. The molecular formula is C17H19N5. The summed E-state index contributed by atoms with van der Waals surface area (Å²) >= 11 is 0. The van der Waals surface area contributed by atoms with Crippen molar-refractivity contribution in [1.82, 2.24) is 19.7 Å². The van der Waals surface area contributed by atoms with Gasteiger partial charge in [-0.25, -0.2) is 4.98 Å². The maximum atomic E-state index is 5.60. The number of nitrogens with two attached hydrogens (primary N) is 1. The number of hydrogen-bond donors (Lipinski definition) is 1. The molecule has 1 aliphatic rings. The summed E-state index contributed by atoms with van der Waals surface area (Å²) < 4.78 is 2.01. The first-order valence-corrected chi connectivity index (χ1v) is 7.85. The summed E-state index contributed by atoms with van der Waals surface area (Å²) in [5, 5.41) is 4.76. The minimum Gasteiger partial charge on any atom is -0.330 e. The van der Waals surface area contributed by atoms with Crippen LogP contribution in [0.25, 0.3) is 22.3 Å². The van der Waals surface area contributed by atoms with Crippen molar-refractivity contribution in [3.05, 3.63) is 42.4 Å². The van der Waals surface area contributed by atoms with E-state index in [1.54, 1.807) is 0 Å². The van der Waals surface area contributed by atoms with Crippen LogP contribution in [0.15, 0.2) is 36.7 Å². The molecule has 0 amide bonds. The molecule has 112 valence electrons. The van der Waals surface area contributed by atoms with E-state index >= 15 is 0 Å². The van der Waals surface area contributed by atoms with E-state index in [4.69, 9.17) is 15.8 Å². The van der Waals surface area contributed by atoms with E-state index in [0.29, 0.717) is 12.5 Å². The van der Waals surface area contributed by atoms with E-state index in [2.05, 4.69) is 11.2 Å². The Morgan fingerprint density at radius 2 is 2.00 bits per heavy atom. The topological polar surface area (TPSA) is 69.6 Å². The van der Waals surface area contributed by atoms with Crippen molar-refractivity contribution in [2.24, 2.45) is 5.73 Å². The van der Waals surface area contributed by atoms with Crippen LogP contribution >= 0.6 is 0 Å². The SMILES string of the molecule is NCCCn1cc(-c2cnc3ccccc3n2)c(C2CC2)n1. The molecule has 4 rings (SSSR count). The van der Waals surface area contributed by atoms with Gasteiger partial charge in [0.15, 0.2) is 0 Å². The molecule has 2 N–H and O–H groups in total. The number of rotatable bonds is 5. The zero-order valence-corrected chi connectivity index (χ0v) is 12.4. The molecule has 0 spiro atoms. The van der Waals surface area contributed by atoms with Crippen molar-refractivity contribution in [3.63, 3.8) is 0 Å². The van der Waals surface area contributed by atoms with E-state index in [-0.39, 0.29) is 0 Å². The number of aromatic nitrogens is 4. The number of para-hydroxylation sites is 2. The van der Waals surface area contributed by atoms with Gasteiger partial charge in [-0.2, -0.15) is 5.10 Å². The number of fused-ring (bicyclic) bond motifs is 1. The van der Waals surface area contributed by atoms with Crippen molar-refractivity contribution < 1.29 is 0 Å². The molecule has 1 aromatic carbocycles. The zero-order chi connectivity index (χ0) is 14.9. The molecule has 0 bridgehead atoms. The van der Waals surface area contributed by atoms with Crippen molar-refractivity contribution in [2.45, 2.75) is 31.7 Å². The molecule has 1 aliphatic carbocycles. The summed E-state index contributed by atoms with van der Waals surface area (Å²) in [6.45, 7) is 1.54. The summed E-state index contributed by atoms with van der Waals surface area (Å²) in [6.07, 6.45) is 7.35. The molecule has 22 heavy (non-hydrogen) atoms. The molecule has 5 nitrogen and oxygen atoms in total. The average molecular weight is 293 g/mol. The number of benzene rings is 1. The highest BCUT2D eigenvalue weighted by molar-refractivity contribution is 5.77. The Morgan fingerprint density at radius 1 is 1.18 bits per heavy atom. The van der Waals surface area contributed by atoms with Crippen LogP contribution in [0.4, 0.5) is 0 Å². The van der Waals surface area contributed by atoms with Crippen LogP contribution in [0.3, 0.4) is 0 Å². The van der Waals surface area contributed by atoms with Crippen LogP contribution < -0.4 is 5.73 Å². The standard InChI is InChI=1S/C17H19N5/c18-8-3-9-22-11-13(17(21-22)12-6-7-12)16-10-19-14-4-1-2-5-15(14)20-16/h1-2,4-5,10-12H,3,6-9,18H2. The summed E-state index contributed by atoms with van der Waals surface area (Å²) in [7, 11) is 0. The Balaban J connectivity index is 1.77. The average Bonchev–Trinajstić information content (AvgIpc) is 3.32. The quantitative estimate of drug-likeness (QED) is 0.785. The van der Waals surface area contributed by atoms with Gasteiger partial charge in [0, 0.05) is 24.2 Å². The fourth-order valence-electron chi connectivity index (χ4n) is 2.75. The van der Waals surface area contributed by atoms with Gasteiger partial charge in [-0.15, -0.1) is 0 Å². The van der Waals surface area contributed by atoms with Gasteiger partial charge in [0.1, 0.15) is 0 Å². The van der Waals surface area contributed by atoms with Gasteiger partial charge >= 0.3 is 0 Å². The Morgan fingerprint density at radius 3 is 2.77 bits per heavy atom. The lowest BCUT2D eigenvalue weighted by atomic mass is 10.1. The van der Waals surface area contributed by atoms with Gasteiger partial charge in [0.05, 0.1) is 28.6 Å². The fraction of sp³-hybridized carbons (Fsp3) is 0.353. The van der Waals surface area contributed by atoms with Crippen molar-refractivity contribution in [3.8, 4) is 11.3 Å². The number of nitrogens with zero attached hydrogens (tertiary/aromatic N) is 4. The molecule has 0 aliphatic heterocycles. The molecule has 3 aromatic rings. The first-order valence-electron chi connectivity index (χ1n) is 7.85. The molecule has 5 heteroatoms. The smallest absolute Gasteiger partial charge is 0.0927 e. The fourth-order valence-corrected chi connectivity index (χ4v) is 2.75. The van der Waals surface area contributed by atoms with Gasteiger partial charge < -0.3 is 5.73 Å². The molecule has 0 radical (unpaired) electrons.